The molecule has 1 saturated heterocycles. The van der Waals surface area contributed by atoms with Gasteiger partial charge in [-0.05, 0) is 11.1 Å². The van der Waals surface area contributed by atoms with Crippen LogP contribution in [-0.4, -0.2) is 5.78 Å². The van der Waals surface area contributed by atoms with Gasteiger partial charge in [-0.15, -0.1) is 0 Å². The fourth-order valence-electron chi connectivity index (χ4n) is 3.32. The molecule has 0 radical (unpaired) electrons. The molecular weight excluding hydrogens is 258 g/mol. The highest BCUT2D eigenvalue weighted by Gasteiger charge is 2.39. The van der Waals surface area contributed by atoms with Crippen LogP contribution in [-0.2, 0) is 4.79 Å². The van der Waals surface area contributed by atoms with Gasteiger partial charge in [0.15, 0.2) is 0 Å². The van der Waals surface area contributed by atoms with E-state index < -0.39 is 0 Å². The summed E-state index contributed by atoms with van der Waals surface area (Å²) in [5.41, 5.74) is 2.37. The number of piperidine rings is 1. The largest absolute Gasteiger partial charge is 0.302 e. The standard InChI is InChI=1S/C19H21NO/c1-13-17(15-9-5-3-6-10-15)20-18(14(2)19(13)21)16-11-7-4-8-12-16/h3-14,17-18,20H,1-2H3/t13-,14+,17-,18-/m0/s1. The van der Waals surface area contributed by atoms with E-state index in [0.717, 1.165) is 0 Å². The summed E-state index contributed by atoms with van der Waals surface area (Å²) in [6.45, 7) is 4.06. The molecule has 1 N–H and O–H groups in total. The highest BCUT2D eigenvalue weighted by Crippen LogP contribution is 2.37. The Bertz CT molecular complexity index is 554. The van der Waals surface area contributed by atoms with Crippen LogP contribution < -0.4 is 5.32 Å². The molecule has 1 heterocycles. The van der Waals surface area contributed by atoms with Crippen molar-refractivity contribution in [3.8, 4) is 0 Å². The summed E-state index contributed by atoms with van der Waals surface area (Å²) >= 11 is 0. The molecule has 108 valence electrons. The normalized spacial score (nSPS) is 29.3. The zero-order valence-electron chi connectivity index (χ0n) is 12.5. The Labute approximate surface area is 126 Å². The highest BCUT2D eigenvalue weighted by molar-refractivity contribution is 5.85. The van der Waals surface area contributed by atoms with Crippen molar-refractivity contribution < 1.29 is 4.79 Å². The lowest BCUT2D eigenvalue weighted by molar-refractivity contribution is -0.130. The molecule has 3 rings (SSSR count). The molecule has 4 atom stereocenters. The second-order valence-corrected chi connectivity index (χ2v) is 5.92. The van der Waals surface area contributed by atoms with E-state index in [4.69, 9.17) is 0 Å². The van der Waals surface area contributed by atoms with Gasteiger partial charge in [0.2, 0.25) is 0 Å². The molecule has 0 amide bonds. The predicted molar refractivity (Wildman–Crippen MR) is 84.8 cm³/mol. The molecule has 2 aromatic carbocycles. The van der Waals surface area contributed by atoms with Gasteiger partial charge < -0.3 is 5.32 Å². The number of rotatable bonds is 2. The fraction of sp³-hybridized carbons (Fsp3) is 0.316. The maximum Gasteiger partial charge on any atom is 0.142 e. The van der Waals surface area contributed by atoms with Gasteiger partial charge in [-0.3, -0.25) is 4.79 Å². The average Bonchev–Trinajstić information content (AvgIpc) is 2.55. The van der Waals surface area contributed by atoms with Crippen LogP contribution >= 0.6 is 0 Å². The molecule has 0 spiro atoms. The molecule has 1 fully saturated rings. The molecule has 0 bridgehead atoms. The van der Waals surface area contributed by atoms with E-state index in [9.17, 15) is 4.79 Å². The third kappa shape index (κ3) is 2.64. The predicted octanol–water partition coefficient (Wildman–Crippen LogP) is 3.91. The van der Waals surface area contributed by atoms with Crippen molar-refractivity contribution in [2.45, 2.75) is 25.9 Å². The molecule has 21 heavy (non-hydrogen) atoms. The lowest BCUT2D eigenvalue weighted by Gasteiger charge is -2.39. The molecular formula is C19H21NO. The first-order chi connectivity index (χ1) is 10.2. The quantitative estimate of drug-likeness (QED) is 0.903. The molecule has 0 aliphatic carbocycles. The van der Waals surface area contributed by atoms with Crippen molar-refractivity contribution in [1.29, 1.82) is 0 Å². The minimum absolute atomic E-state index is 0.00219. The zero-order chi connectivity index (χ0) is 14.8. The monoisotopic (exact) mass is 279 g/mol. The molecule has 0 saturated carbocycles. The number of carbonyl (C=O) groups excluding carboxylic acids is 1. The van der Waals surface area contributed by atoms with Crippen molar-refractivity contribution in [1.82, 2.24) is 5.32 Å². The van der Waals surface area contributed by atoms with Crippen LogP contribution in [0.2, 0.25) is 0 Å². The summed E-state index contributed by atoms with van der Waals surface area (Å²) in [6.07, 6.45) is 0. The Hall–Kier alpha value is -1.93. The van der Waals surface area contributed by atoms with E-state index in [1.807, 2.05) is 50.2 Å². The van der Waals surface area contributed by atoms with Gasteiger partial charge in [-0.2, -0.15) is 0 Å². The van der Waals surface area contributed by atoms with E-state index >= 15 is 0 Å². The van der Waals surface area contributed by atoms with Gasteiger partial charge in [0.25, 0.3) is 0 Å². The Morgan fingerprint density at radius 1 is 0.714 bits per heavy atom. The molecule has 1 aliphatic rings. The average molecular weight is 279 g/mol. The molecule has 1 aliphatic heterocycles. The number of carbonyl (C=O) groups is 1. The van der Waals surface area contributed by atoms with E-state index in [1.54, 1.807) is 0 Å². The summed E-state index contributed by atoms with van der Waals surface area (Å²) in [4.78, 5) is 12.7. The first-order valence-electron chi connectivity index (χ1n) is 7.58. The summed E-state index contributed by atoms with van der Waals surface area (Å²) in [5, 5.41) is 3.70. The Morgan fingerprint density at radius 3 is 1.48 bits per heavy atom. The van der Waals surface area contributed by atoms with E-state index in [-0.39, 0.29) is 23.9 Å². The van der Waals surface area contributed by atoms with Crippen molar-refractivity contribution >= 4 is 5.78 Å². The summed E-state index contributed by atoms with van der Waals surface area (Å²) in [5.74, 6) is 0.348. The van der Waals surface area contributed by atoms with Gasteiger partial charge in [-0.25, -0.2) is 0 Å². The van der Waals surface area contributed by atoms with Crippen molar-refractivity contribution in [3.63, 3.8) is 0 Å². The van der Waals surface area contributed by atoms with Crippen LogP contribution in [0.1, 0.15) is 37.1 Å². The summed E-state index contributed by atoms with van der Waals surface area (Å²) in [6, 6.07) is 20.7. The maximum atomic E-state index is 12.7. The molecule has 2 aromatic rings. The highest BCUT2D eigenvalue weighted by atomic mass is 16.1. The number of hydrogen-bond donors (Lipinski definition) is 1. The van der Waals surface area contributed by atoms with Gasteiger partial charge in [0.1, 0.15) is 5.78 Å². The number of hydrogen-bond acceptors (Lipinski definition) is 2. The van der Waals surface area contributed by atoms with Gasteiger partial charge in [0, 0.05) is 23.9 Å². The lowest BCUT2D eigenvalue weighted by atomic mass is 9.76. The Balaban J connectivity index is 1.95. The third-order valence-corrected chi connectivity index (χ3v) is 4.57. The van der Waals surface area contributed by atoms with Gasteiger partial charge >= 0.3 is 0 Å². The molecule has 0 aromatic heterocycles. The number of benzene rings is 2. The van der Waals surface area contributed by atoms with Crippen molar-refractivity contribution in [3.05, 3.63) is 71.8 Å². The topological polar surface area (TPSA) is 29.1 Å². The van der Waals surface area contributed by atoms with E-state index in [1.165, 1.54) is 11.1 Å². The van der Waals surface area contributed by atoms with Crippen LogP contribution in [0.5, 0.6) is 0 Å². The summed E-state index contributed by atoms with van der Waals surface area (Å²) < 4.78 is 0. The Morgan fingerprint density at radius 2 is 1.10 bits per heavy atom. The van der Waals surface area contributed by atoms with Crippen LogP contribution in [0.15, 0.2) is 60.7 Å². The van der Waals surface area contributed by atoms with Crippen LogP contribution in [0.4, 0.5) is 0 Å². The van der Waals surface area contributed by atoms with Crippen LogP contribution in [0.25, 0.3) is 0 Å². The third-order valence-electron chi connectivity index (χ3n) is 4.57. The summed E-state index contributed by atoms with van der Waals surface area (Å²) in [7, 11) is 0. The Kier molecular flexibility index (Phi) is 3.89. The maximum absolute atomic E-state index is 12.7. The van der Waals surface area contributed by atoms with Crippen LogP contribution in [0.3, 0.4) is 0 Å². The fourth-order valence-corrected chi connectivity index (χ4v) is 3.32. The van der Waals surface area contributed by atoms with E-state index in [2.05, 4.69) is 29.6 Å². The van der Waals surface area contributed by atoms with E-state index in [0.29, 0.717) is 5.78 Å². The van der Waals surface area contributed by atoms with Gasteiger partial charge in [-0.1, -0.05) is 74.5 Å². The lowest BCUT2D eigenvalue weighted by Crippen LogP contribution is -2.46. The number of Topliss-reactive ketones (excluding diaryl/α,β-unsaturated/α-hetero) is 1. The van der Waals surface area contributed by atoms with Crippen molar-refractivity contribution in [2.75, 3.05) is 0 Å². The second kappa shape index (κ2) is 5.82. The molecule has 0 unspecified atom stereocenters. The van der Waals surface area contributed by atoms with Crippen LogP contribution in [0, 0.1) is 11.8 Å². The second-order valence-electron chi connectivity index (χ2n) is 5.92. The molecule has 2 heteroatoms. The number of nitrogens with one attached hydrogen (secondary N) is 1. The van der Waals surface area contributed by atoms with Crippen molar-refractivity contribution in [2.24, 2.45) is 11.8 Å². The molecule has 2 nitrogen and oxygen atoms in total. The first kappa shape index (κ1) is 14.0. The van der Waals surface area contributed by atoms with Gasteiger partial charge in [0.05, 0.1) is 0 Å². The first-order valence-corrected chi connectivity index (χ1v) is 7.58. The number of ketones is 1. The zero-order valence-corrected chi connectivity index (χ0v) is 12.5. The minimum atomic E-state index is 0.00219. The minimum Gasteiger partial charge on any atom is -0.302 e. The SMILES string of the molecule is C[C@@H]1C(=O)[C@H](C)[C@@H](c2ccccc2)N[C@@H]1c1ccccc1. The smallest absolute Gasteiger partial charge is 0.142 e.